The van der Waals surface area contributed by atoms with Crippen molar-refractivity contribution in [3.05, 3.63) is 65.2 Å². The van der Waals surface area contributed by atoms with Crippen LogP contribution in [0.15, 0.2) is 42.5 Å². The Labute approximate surface area is 115 Å². The third kappa shape index (κ3) is 2.83. The molecule has 20 heavy (non-hydrogen) atoms. The summed E-state index contributed by atoms with van der Waals surface area (Å²) in [6.07, 6.45) is 0. The van der Waals surface area contributed by atoms with E-state index in [2.05, 4.69) is 5.32 Å². The van der Waals surface area contributed by atoms with E-state index in [4.69, 9.17) is 5.73 Å². The molecule has 0 saturated heterocycles. The van der Waals surface area contributed by atoms with Gasteiger partial charge in [-0.3, -0.25) is 4.79 Å². The van der Waals surface area contributed by atoms with Crippen LogP contribution < -0.4 is 11.1 Å². The predicted octanol–water partition coefficient (Wildman–Crippen LogP) is 2.91. The Bertz CT molecular complexity index is 629. The highest BCUT2D eigenvalue weighted by Gasteiger charge is 2.19. The van der Waals surface area contributed by atoms with Gasteiger partial charge < -0.3 is 11.1 Å². The molecule has 0 aliphatic carbocycles. The van der Waals surface area contributed by atoms with Gasteiger partial charge in [0.15, 0.2) is 5.82 Å². The third-order valence-corrected chi connectivity index (χ3v) is 2.97. The van der Waals surface area contributed by atoms with Gasteiger partial charge in [-0.1, -0.05) is 36.4 Å². The third-order valence-electron chi connectivity index (χ3n) is 2.97. The fraction of sp³-hybridized carbons (Fsp3) is 0.133. The molecule has 3 N–H and O–H groups in total. The van der Waals surface area contributed by atoms with Crippen LogP contribution in [0.4, 0.5) is 14.5 Å². The monoisotopic (exact) mass is 276 g/mol. The second kappa shape index (κ2) is 5.79. The number of nitrogens with one attached hydrogen (secondary N) is 1. The zero-order chi connectivity index (χ0) is 14.7. The summed E-state index contributed by atoms with van der Waals surface area (Å²) in [6, 6.07) is 10.0. The van der Waals surface area contributed by atoms with Gasteiger partial charge in [-0.2, -0.15) is 0 Å². The molecule has 0 heterocycles. The van der Waals surface area contributed by atoms with Crippen molar-refractivity contribution in [1.82, 2.24) is 0 Å². The molecule has 0 saturated carbocycles. The van der Waals surface area contributed by atoms with Gasteiger partial charge in [0.2, 0.25) is 5.91 Å². The van der Waals surface area contributed by atoms with Crippen LogP contribution in [0.3, 0.4) is 0 Å². The van der Waals surface area contributed by atoms with Crippen LogP contribution in [0, 0.1) is 18.6 Å². The highest BCUT2D eigenvalue weighted by Crippen LogP contribution is 2.23. The number of halogens is 2. The lowest BCUT2D eigenvalue weighted by Gasteiger charge is -2.14. The van der Waals surface area contributed by atoms with Crippen molar-refractivity contribution >= 4 is 11.6 Å². The molecule has 5 heteroatoms. The number of hydrogen-bond acceptors (Lipinski definition) is 2. The van der Waals surface area contributed by atoms with Gasteiger partial charge in [0.1, 0.15) is 17.5 Å². The summed E-state index contributed by atoms with van der Waals surface area (Å²) >= 11 is 0. The van der Waals surface area contributed by atoms with E-state index in [1.165, 1.54) is 13.0 Å². The van der Waals surface area contributed by atoms with E-state index in [0.29, 0.717) is 5.56 Å². The first-order chi connectivity index (χ1) is 9.50. The van der Waals surface area contributed by atoms with Crippen molar-refractivity contribution in [2.24, 2.45) is 5.73 Å². The molecule has 0 fully saturated rings. The van der Waals surface area contributed by atoms with Crippen molar-refractivity contribution in [3.63, 3.8) is 0 Å². The summed E-state index contributed by atoms with van der Waals surface area (Å²) in [6.45, 7) is 1.49. The largest absolute Gasteiger partial charge is 0.320 e. The predicted molar refractivity (Wildman–Crippen MR) is 73.1 cm³/mol. The van der Waals surface area contributed by atoms with E-state index in [1.807, 2.05) is 0 Å². The van der Waals surface area contributed by atoms with E-state index in [1.54, 1.807) is 30.3 Å². The second-order valence-corrected chi connectivity index (χ2v) is 4.43. The summed E-state index contributed by atoms with van der Waals surface area (Å²) in [4.78, 5) is 12.0. The lowest BCUT2D eigenvalue weighted by molar-refractivity contribution is -0.117. The van der Waals surface area contributed by atoms with Crippen molar-refractivity contribution in [1.29, 1.82) is 0 Å². The molecule has 1 amide bonds. The summed E-state index contributed by atoms with van der Waals surface area (Å²) < 4.78 is 27.4. The molecule has 1 atom stereocenters. The Hall–Kier alpha value is -2.27. The highest BCUT2D eigenvalue weighted by atomic mass is 19.1. The van der Waals surface area contributed by atoms with Gasteiger partial charge in [-0.25, -0.2) is 8.78 Å². The zero-order valence-corrected chi connectivity index (χ0v) is 10.9. The molecular weight excluding hydrogens is 262 g/mol. The average molecular weight is 276 g/mol. The summed E-state index contributed by atoms with van der Waals surface area (Å²) in [5.74, 6) is -2.29. The van der Waals surface area contributed by atoms with E-state index in [-0.39, 0.29) is 5.56 Å². The van der Waals surface area contributed by atoms with Crippen molar-refractivity contribution in [2.75, 3.05) is 5.32 Å². The number of rotatable bonds is 3. The van der Waals surface area contributed by atoms with Crippen LogP contribution in [-0.4, -0.2) is 5.91 Å². The Balaban J connectivity index is 2.23. The Morgan fingerprint density at radius 3 is 2.45 bits per heavy atom. The number of carbonyl (C=O) groups is 1. The molecule has 2 aromatic carbocycles. The fourth-order valence-corrected chi connectivity index (χ4v) is 1.78. The number of benzene rings is 2. The number of hydrogen-bond donors (Lipinski definition) is 2. The molecule has 0 spiro atoms. The van der Waals surface area contributed by atoms with Gasteiger partial charge in [0, 0.05) is 0 Å². The normalized spacial score (nSPS) is 12.0. The number of carbonyl (C=O) groups excluding carboxylic acids is 1. The smallest absolute Gasteiger partial charge is 0.246 e. The van der Waals surface area contributed by atoms with Crippen LogP contribution in [-0.2, 0) is 4.79 Å². The molecule has 2 rings (SSSR count). The van der Waals surface area contributed by atoms with Crippen LogP contribution in [0.25, 0.3) is 0 Å². The molecule has 3 nitrogen and oxygen atoms in total. The first-order valence-electron chi connectivity index (χ1n) is 6.06. The van der Waals surface area contributed by atoms with Crippen molar-refractivity contribution in [2.45, 2.75) is 13.0 Å². The van der Waals surface area contributed by atoms with E-state index < -0.39 is 29.3 Å². The topological polar surface area (TPSA) is 55.1 Å². The molecule has 104 valence electrons. The SMILES string of the molecule is Cc1ccc(F)c(NC(=O)[C@H](N)c2ccccc2)c1F. The fourth-order valence-electron chi connectivity index (χ4n) is 1.78. The minimum atomic E-state index is -0.990. The molecule has 0 unspecified atom stereocenters. The molecular formula is C15H14F2N2O. The molecule has 0 aliphatic heterocycles. The number of aryl methyl sites for hydroxylation is 1. The summed E-state index contributed by atoms with van der Waals surface area (Å²) in [7, 11) is 0. The maximum atomic E-state index is 13.8. The first kappa shape index (κ1) is 14.1. The lowest BCUT2D eigenvalue weighted by atomic mass is 10.1. The lowest BCUT2D eigenvalue weighted by Crippen LogP contribution is -2.28. The van der Waals surface area contributed by atoms with Crippen LogP contribution in [0.1, 0.15) is 17.2 Å². The molecule has 0 bridgehead atoms. The minimum absolute atomic E-state index is 0.245. The molecule has 0 aromatic heterocycles. The zero-order valence-electron chi connectivity index (χ0n) is 10.9. The quantitative estimate of drug-likeness (QED) is 0.905. The Kier molecular flexibility index (Phi) is 4.10. The van der Waals surface area contributed by atoms with Crippen LogP contribution in [0.5, 0.6) is 0 Å². The van der Waals surface area contributed by atoms with Gasteiger partial charge in [-0.15, -0.1) is 0 Å². The van der Waals surface area contributed by atoms with Crippen molar-refractivity contribution < 1.29 is 13.6 Å². The maximum absolute atomic E-state index is 13.8. The molecule has 0 radical (unpaired) electrons. The van der Waals surface area contributed by atoms with E-state index in [9.17, 15) is 13.6 Å². The Morgan fingerprint density at radius 2 is 1.80 bits per heavy atom. The van der Waals surface area contributed by atoms with E-state index in [0.717, 1.165) is 6.07 Å². The van der Waals surface area contributed by atoms with Crippen molar-refractivity contribution in [3.8, 4) is 0 Å². The standard InChI is InChI=1S/C15H14F2N2O/c1-9-7-8-11(16)14(12(9)17)19-15(20)13(18)10-5-3-2-4-6-10/h2-8,13H,18H2,1H3,(H,19,20)/t13-/m1/s1. The summed E-state index contributed by atoms with van der Waals surface area (Å²) in [5.41, 5.74) is 6.11. The number of amides is 1. The minimum Gasteiger partial charge on any atom is -0.320 e. The molecule has 2 aromatic rings. The van der Waals surface area contributed by atoms with E-state index >= 15 is 0 Å². The van der Waals surface area contributed by atoms with Gasteiger partial charge in [0.25, 0.3) is 0 Å². The highest BCUT2D eigenvalue weighted by molar-refractivity contribution is 5.95. The Morgan fingerprint density at radius 1 is 1.15 bits per heavy atom. The number of anilines is 1. The molecule has 0 aliphatic rings. The summed E-state index contributed by atoms with van der Waals surface area (Å²) in [5, 5.41) is 2.20. The van der Waals surface area contributed by atoms with Gasteiger partial charge >= 0.3 is 0 Å². The van der Waals surface area contributed by atoms with Crippen LogP contribution >= 0.6 is 0 Å². The van der Waals surface area contributed by atoms with Gasteiger partial charge in [0.05, 0.1) is 0 Å². The first-order valence-corrected chi connectivity index (χ1v) is 6.06. The van der Waals surface area contributed by atoms with Gasteiger partial charge in [-0.05, 0) is 24.1 Å². The average Bonchev–Trinajstić information content (AvgIpc) is 2.47. The number of nitrogens with two attached hydrogens (primary N) is 1. The second-order valence-electron chi connectivity index (χ2n) is 4.43. The van der Waals surface area contributed by atoms with Crippen LogP contribution in [0.2, 0.25) is 0 Å². The maximum Gasteiger partial charge on any atom is 0.246 e.